The SMILES string of the molecule is C=C(CP(C)C(=C)CCCCCN1C(=C)CC(C(CC)CC)C1=C)NCC(=C)P(C)C(Cc1ccccc1)C(=C)NCC(=C)N(C)CCC1(C(=O)NC2CCc3c(C)c(F)cc4nc5c(c2c34)CN2C(=C)C3=C(C=C52)C(CC)C(=C)CC3)CC1. The van der Waals surface area contributed by atoms with Crippen molar-refractivity contribution in [2.24, 2.45) is 23.2 Å². The minimum Gasteiger partial charge on any atom is -0.384 e. The number of carbonyl (C=O) groups excluding carboxylic acids is 1. The number of likely N-dealkylation sites (N-methyl/N-ethyl adjacent to an activating group) is 1. The first-order valence-electron chi connectivity index (χ1n) is 31.5. The molecule has 9 rings (SSSR count). The molecule has 3 aromatic rings. The summed E-state index contributed by atoms with van der Waals surface area (Å²) in [5, 5.41) is 14.5. The molecular weight excluding hydrogens is 1070 g/mol. The summed E-state index contributed by atoms with van der Waals surface area (Å²) in [5.74, 6) is 1.41. The zero-order valence-corrected chi connectivity index (χ0v) is 54.1. The zero-order chi connectivity index (χ0) is 60.3. The van der Waals surface area contributed by atoms with Gasteiger partial charge in [0.15, 0.2) is 0 Å². The van der Waals surface area contributed by atoms with Gasteiger partial charge in [0.25, 0.3) is 0 Å². The normalized spacial score (nSPS) is 20.5. The van der Waals surface area contributed by atoms with Crippen LogP contribution in [0.2, 0.25) is 0 Å². The zero-order valence-electron chi connectivity index (χ0n) is 52.3. The maximum absolute atomic E-state index is 15.7. The van der Waals surface area contributed by atoms with Crippen LogP contribution in [0.25, 0.3) is 16.6 Å². The third-order valence-corrected chi connectivity index (χ3v) is 25.0. The molecule has 3 N–H and O–H groups in total. The number of aromatic nitrogens is 1. The van der Waals surface area contributed by atoms with Crippen molar-refractivity contribution >= 4 is 38.4 Å². The minimum atomic E-state index is -0.687. The van der Waals surface area contributed by atoms with Crippen LogP contribution < -0.4 is 16.0 Å². The number of hydrogen-bond acceptors (Lipinski definition) is 7. The van der Waals surface area contributed by atoms with Crippen LogP contribution in [0.1, 0.15) is 150 Å². The molecule has 448 valence electrons. The molecule has 1 saturated carbocycles. The Kier molecular flexibility index (Phi) is 20.1. The molecule has 3 aliphatic carbocycles. The number of aryl methyl sites for hydroxylation is 1. The van der Waals surface area contributed by atoms with Gasteiger partial charge in [0.05, 0.1) is 41.5 Å². The van der Waals surface area contributed by atoms with E-state index in [4.69, 9.17) is 4.98 Å². The number of nitrogens with one attached hydrogen (secondary N) is 3. The second-order valence-electron chi connectivity index (χ2n) is 25.5. The lowest BCUT2D eigenvalue weighted by atomic mass is 9.75. The van der Waals surface area contributed by atoms with Crippen LogP contribution in [-0.2, 0) is 24.2 Å². The van der Waals surface area contributed by atoms with Crippen molar-refractivity contribution in [3.8, 4) is 0 Å². The molecular formula is C73H98FN7OP2. The number of fused-ring (bicyclic) bond motifs is 4. The van der Waals surface area contributed by atoms with Gasteiger partial charge in [-0.3, -0.25) is 4.79 Å². The average molecular weight is 1170 g/mol. The number of rotatable bonds is 30. The van der Waals surface area contributed by atoms with Gasteiger partial charge in [-0.15, -0.1) is 0 Å². The first-order chi connectivity index (χ1) is 40.2. The molecule has 2 aromatic carbocycles. The Morgan fingerprint density at radius 2 is 1.67 bits per heavy atom. The Morgan fingerprint density at radius 3 is 2.37 bits per heavy atom. The van der Waals surface area contributed by atoms with E-state index in [1.165, 1.54) is 63.6 Å². The number of likely N-dealkylation sites (tertiary alicyclic amines) is 1. The Hall–Kier alpha value is -5.75. The van der Waals surface area contributed by atoms with Crippen LogP contribution in [0, 0.1) is 35.9 Å². The fourth-order valence-corrected chi connectivity index (χ4v) is 17.5. The van der Waals surface area contributed by atoms with Crippen molar-refractivity contribution in [2.75, 3.05) is 52.7 Å². The molecule has 0 bridgehead atoms. The Morgan fingerprint density at radius 1 is 0.929 bits per heavy atom. The lowest BCUT2D eigenvalue weighted by molar-refractivity contribution is -0.127. The average Bonchev–Trinajstić information content (AvgIpc) is 1.60. The number of unbranched alkanes of at least 4 members (excludes halogenated alkanes) is 2. The summed E-state index contributed by atoms with van der Waals surface area (Å²) >= 11 is 0. The standard InChI is InChI=1S/C73H98FN7OP2/c1-17-57(18-2)61-38-48(6)80(55(61)13)36-25-21-22-26-50(8)83(15)45-47(5)75-43-51(9)84(16)68(39-56-27-23-20-24-28-56)53(11)76-42-49(7)79(14)37-35-73(33-34-73)72(82)78-65-32-31-59-52(10)64(74)41-66-69(59)70(65)63-44-81-54(12)60-30-29-46(4)58(19-3)62(60)40-67(81)71(63)77-66/h20,23-24,27-28,40-41,57-58,61,65,68,75-76H,4-9,11-13,17-19,21-22,25-26,29-39,42-45H2,1-3,10,14-16H3,(H,78,82). The molecule has 2 fully saturated rings. The highest BCUT2D eigenvalue weighted by atomic mass is 31.1. The number of benzene rings is 2. The lowest BCUT2D eigenvalue weighted by Gasteiger charge is -2.37. The number of halogens is 1. The van der Waals surface area contributed by atoms with Crippen molar-refractivity contribution < 1.29 is 9.18 Å². The molecule has 84 heavy (non-hydrogen) atoms. The van der Waals surface area contributed by atoms with Crippen molar-refractivity contribution in [2.45, 2.75) is 149 Å². The third-order valence-electron chi connectivity index (χ3n) is 20.3. The first-order valence-corrected chi connectivity index (χ1v) is 35.3. The van der Waals surface area contributed by atoms with Crippen LogP contribution in [0.5, 0.6) is 0 Å². The molecule has 6 unspecified atom stereocenters. The molecule has 0 spiro atoms. The topological polar surface area (TPSA) is 75.8 Å². The Balaban J connectivity index is 0.763. The van der Waals surface area contributed by atoms with E-state index in [9.17, 15) is 4.79 Å². The predicted octanol–water partition coefficient (Wildman–Crippen LogP) is 17.2. The number of allylic oxidation sites excluding steroid dienone is 9. The van der Waals surface area contributed by atoms with Crippen molar-refractivity contribution in [1.82, 2.24) is 35.6 Å². The number of nitrogens with zero attached hydrogens (tertiary/aromatic N) is 4. The van der Waals surface area contributed by atoms with Gasteiger partial charge in [-0.1, -0.05) is 156 Å². The van der Waals surface area contributed by atoms with E-state index in [0.29, 0.717) is 61.9 Å². The molecule has 4 heterocycles. The van der Waals surface area contributed by atoms with E-state index in [0.717, 1.165) is 140 Å². The Bertz CT molecular complexity index is 3210. The van der Waals surface area contributed by atoms with Crippen molar-refractivity contribution in [1.29, 1.82) is 0 Å². The lowest BCUT2D eigenvalue weighted by Crippen LogP contribution is -2.38. The Labute approximate surface area is 507 Å². The molecule has 1 amide bonds. The summed E-state index contributed by atoms with van der Waals surface area (Å²) in [6.45, 7) is 57.9. The largest absolute Gasteiger partial charge is 0.384 e. The van der Waals surface area contributed by atoms with E-state index >= 15 is 4.39 Å². The number of carbonyl (C=O) groups is 1. The number of amides is 1. The third kappa shape index (κ3) is 13.1. The molecule has 1 saturated heterocycles. The van der Waals surface area contributed by atoms with Gasteiger partial charge < -0.3 is 30.7 Å². The molecule has 3 aliphatic heterocycles. The van der Waals surface area contributed by atoms with Crippen molar-refractivity contribution in [3.05, 3.63) is 203 Å². The molecule has 1 aromatic heterocycles. The van der Waals surface area contributed by atoms with Gasteiger partial charge in [0, 0.05) is 102 Å². The van der Waals surface area contributed by atoms with Gasteiger partial charge in [-0.05, 0) is 154 Å². The van der Waals surface area contributed by atoms with Gasteiger partial charge in [0.2, 0.25) is 5.91 Å². The van der Waals surface area contributed by atoms with Crippen LogP contribution in [-0.4, -0.2) is 84.0 Å². The van der Waals surface area contributed by atoms with E-state index in [1.54, 1.807) is 6.07 Å². The molecule has 0 radical (unpaired) electrons. The molecule has 11 heteroatoms. The van der Waals surface area contributed by atoms with Crippen LogP contribution in [0.15, 0.2) is 163 Å². The first kappa shape index (κ1) is 62.8. The highest BCUT2D eigenvalue weighted by molar-refractivity contribution is 7.62. The summed E-state index contributed by atoms with van der Waals surface area (Å²) in [4.78, 5) is 26.9. The van der Waals surface area contributed by atoms with Crippen LogP contribution >= 0.6 is 15.8 Å². The predicted molar refractivity (Wildman–Crippen MR) is 358 cm³/mol. The van der Waals surface area contributed by atoms with Crippen molar-refractivity contribution in [3.63, 3.8) is 0 Å². The molecule has 8 nitrogen and oxygen atoms in total. The minimum absolute atomic E-state index is 0.110. The smallest absolute Gasteiger partial charge is 0.226 e. The second-order valence-corrected chi connectivity index (χ2v) is 30.3. The maximum atomic E-state index is 15.7. The van der Waals surface area contributed by atoms with Gasteiger partial charge in [-0.25, -0.2) is 9.37 Å². The summed E-state index contributed by atoms with van der Waals surface area (Å²) in [5.41, 5.74) is 17.9. The number of hydrogen-bond donors (Lipinski definition) is 3. The summed E-state index contributed by atoms with van der Waals surface area (Å²) in [6, 6.07) is 12.1. The fourth-order valence-electron chi connectivity index (χ4n) is 14.3. The van der Waals surface area contributed by atoms with E-state index in [-0.39, 0.29) is 29.3 Å². The monoisotopic (exact) mass is 1170 g/mol. The summed E-state index contributed by atoms with van der Waals surface area (Å²) in [7, 11) is 1.00. The van der Waals surface area contributed by atoms with Gasteiger partial charge in [-0.2, -0.15) is 0 Å². The van der Waals surface area contributed by atoms with Gasteiger partial charge >= 0.3 is 0 Å². The quantitative estimate of drug-likeness (QED) is 0.0349. The highest BCUT2D eigenvalue weighted by Gasteiger charge is 2.51. The van der Waals surface area contributed by atoms with Crippen LogP contribution in [0.4, 0.5) is 4.39 Å². The van der Waals surface area contributed by atoms with Crippen LogP contribution in [0.3, 0.4) is 0 Å². The summed E-state index contributed by atoms with van der Waals surface area (Å²) in [6.07, 6.45) is 18.8. The molecule has 6 aliphatic rings. The second kappa shape index (κ2) is 26.9. The van der Waals surface area contributed by atoms with E-state index in [2.05, 4.69) is 167 Å². The summed E-state index contributed by atoms with van der Waals surface area (Å²) < 4.78 is 15.7. The van der Waals surface area contributed by atoms with Gasteiger partial charge in [0.1, 0.15) is 5.82 Å². The maximum Gasteiger partial charge on any atom is 0.226 e. The fraction of sp³-hybridized carbons (Fsp3) is 0.479. The molecule has 6 atom stereocenters. The number of pyridine rings is 1. The highest BCUT2D eigenvalue weighted by Crippen LogP contribution is 2.54. The van der Waals surface area contributed by atoms with E-state index in [1.807, 2.05) is 6.92 Å². The van der Waals surface area contributed by atoms with E-state index < -0.39 is 21.3 Å².